The summed E-state index contributed by atoms with van der Waals surface area (Å²) in [4.78, 5) is 8.65. The summed E-state index contributed by atoms with van der Waals surface area (Å²) < 4.78 is 15.7. The quantitative estimate of drug-likeness (QED) is 0.626. The minimum absolute atomic E-state index is 0.259. The largest absolute Gasteiger partial charge is 0.329 e. The first-order valence-electron chi connectivity index (χ1n) is 6.57. The molecule has 1 aromatic carbocycles. The molecule has 0 bridgehead atoms. The summed E-state index contributed by atoms with van der Waals surface area (Å²) >= 11 is 1.40. The Kier molecular flexibility index (Phi) is 3.05. The summed E-state index contributed by atoms with van der Waals surface area (Å²) in [5, 5.41) is 8.13. The molecule has 0 saturated carbocycles. The number of pyridine rings is 1. The average Bonchev–Trinajstić information content (AvgIpc) is 3.14. The van der Waals surface area contributed by atoms with E-state index < -0.39 is 0 Å². The summed E-state index contributed by atoms with van der Waals surface area (Å²) in [6.07, 6.45) is 5.24. The van der Waals surface area contributed by atoms with Crippen LogP contribution < -0.4 is 5.32 Å². The maximum atomic E-state index is 13.2. The minimum Gasteiger partial charge on any atom is -0.329 e. The number of aromatic nitrogens is 4. The molecule has 0 radical (unpaired) electrons. The predicted octanol–water partition coefficient (Wildman–Crippen LogP) is 3.76. The van der Waals surface area contributed by atoms with E-state index in [0.29, 0.717) is 5.13 Å². The van der Waals surface area contributed by atoms with Crippen LogP contribution in [0, 0.1) is 5.82 Å². The molecule has 0 aliphatic carbocycles. The van der Waals surface area contributed by atoms with Crippen LogP contribution in [-0.4, -0.2) is 19.7 Å². The van der Waals surface area contributed by atoms with Crippen LogP contribution in [0.15, 0.2) is 55.0 Å². The lowest BCUT2D eigenvalue weighted by Gasteiger charge is -1.98. The van der Waals surface area contributed by atoms with Crippen LogP contribution in [0.2, 0.25) is 0 Å². The zero-order valence-electron chi connectivity index (χ0n) is 11.3. The Bertz CT molecular complexity index is 931. The van der Waals surface area contributed by atoms with Gasteiger partial charge in [0.15, 0.2) is 10.9 Å². The Morgan fingerprint density at radius 2 is 2.14 bits per heavy atom. The first-order valence-corrected chi connectivity index (χ1v) is 7.39. The number of nitrogens with zero attached hydrogens (tertiary/aromatic N) is 4. The van der Waals surface area contributed by atoms with E-state index in [0.717, 1.165) is 21.7 Å². The minimum atomic E-state index is -0.259. The van der Waals surface area contributed by atoms with Crippen molar-refractivity contribution < 1.29 is 4.39 Å². The zero-order chi connectivity index (χ0) is 14.9. The van der Waals surface area contributed by atoms with Crippen LogP contribution in [0.1, 0.15) is 0 Å². The number of hydrogen-bond donors (Lipinski definition) is 1. The molecule has 0 fully saturated rings. The van der Waals surface area contributed by atoms with Gasteiger partial charge in [-0.25, -0.2) is 19.0 Å². The Balaban J connectivity index is 1.61. The van der Waals surface area contributed by atoms with Crippen LogP contribution in [0.5, 0.6) is 0 Å². The standard InChI is InChI=1S/C15H10FN5S/c16-10-4-5-12-13(7-10)22-15(20-12)19-11-8-18-21(9-11)14-3-1-2-6-17-14/h1-9H,(H,19,20). The van der Waals surface area contributed by atoms with Crippen LogP contribution in [0.4, 0.5) is 15.2 Å². The lowest BCUT2D eigenvalue weighted by molar-refractivity contribution is 0.630. The second kappa shape index (κ2) is 5.19. The normalized spacial score (nSPS) is 11.0. The molecule has 0 spiro atoms. The molecule has 1 N–H and O–H groups in total. The van der Waals surface area contributed by atoms with Crippen molar-refractivity contribution in [2.45, 2.75) is 0 Å². The lowest BCUT2D eigenvalue weighted by Crippen LogP contribution is -1.96. The SMILES string of the molecule is Fc1ccc2nc(Nc3cnn(-c4ccccn4)c3)sc2c1. The highest BCUT2D eigenvalue weighted by Crippen LogP contribution is 2.28. The summed E-state index contributed by atoms with van der Waals surface area (Å²) in [6.45, 7) is 0. The zero-order valence-corrected chi connectivity index (χ0v) is 12.1. The molecule has 4 aromatic rings. The van der Waals surface area contributed by atoms with Gasteiger partial charge in [-0.05, 0) is 30.3 Å². The number of fused-ring (bicyclic) bond motifs is 1. The number of anilines is 2. The van der Waals surface area contributed by atoms with Gasteiger partial charge in [0.05, 0.1) is 28.3 Å². The van der Waals surface area contributed by atoms with Crippen LogP contribution in [0.25, 0.3) is 16.0 Å². The maximum Gasteiger partial charge on any atom is 0.188 e. The van der Waals surface area contributed by atoms with E-state index in [1.54, 1.807) is 23.1 Å². The monoisotopic (exact) mass is 311 g/mol. The fourth-order valence-electron chi connectivity index (χ4n) is 2.08. The van der Waals surface area contributed by atoms with E-state index >= 15 is 0 Å². The summed E-state index contributed by atoms with van der Waals surface area (Å²) in [6, 6.07) is 10.2. The Morgan fingerprint density at radius 1 is 1.18 bits per heavy atom. The number of benzene rings is 1. The molecular formula is C15H10FN5S. The second-order valence-electron chi connectivity index (χ2n) is 4.62. The molecular weight excluding hydrogens is 301 g/mol. The van der Waals surface area contributed by atoms with Crippen molar-refractivity contribution in [2.75, 3.05) is 5.32 Å². The van der Waals surface area contributed by atoms with Gasteiger partial charge in [0.1, 0.15) is 5.82 Å². The van der Waals surface area contributed by atoms with E-state index in [-0.39, 0.29) is 5.82 Å². The molecule has 108 valence electrons. The van der Waals surface area contributed by atoms with Crippen molar-refractivity contribution >= 4 is 32.4 Å². The van der Waals surface area contributed by atoms with Crippen molar-refractivity contribution in [1.29, 1.82) is 0 Å². The van der Waals surface area contributed by atoms with E-state index in [4.69, 9.17) is 0 Å². The van der Waals surface area contributed by atoms with Gasteiger partial charge in [-0.15, -0.1) is 0 Å². The van der Waals surface area contributed by atoms with Crippen LogP contribution in [0.3, 0.4) is 0 Å². The van der Waals surface area contributed by atoms with Gasteiger partial charge in [-0.3, -0.25) is 0 Å². The summed E-state index contributed by atoms with van der Waals surface area (Å²) in [7, 11) is 0. The van der Waals surface area contributed by atoms with E-state index in [1.807, 2.05) is 24.4 Å². The first-order chi connectivity index (χ1) is 10.8. The number of hydrogen-bond acceptors (Lipinski definition) is 5. The average molecular weight is 311 g/mol. The van der Waals surface area contributed by atoms with Gasteiger partial charge < -0.3 is 5.32 Å². The Morgan fingerprint density at radius 3 is 3.00 bits per heavy atom. The second-order valence-corrected chi connectivity index (χ2v) is 5.65. The number of rotatable bonds is 3. The van der Waals surface area contributed by atoms with Gasteiger partial charge in [0.2, 0.25) is 0 Å². The van der Waals surface area contributed by atoms with Crippen molar-refractivity contribution in [2.24, 2.45) is 0 Å². The third-order valence-electron chi connectivity index (χ3n) is 3.07. The number of halogens is 1. The molecule has 0 unspecified atom stereocenters. The molecule has 0 aliphatic heterocycles. The molecule has 0 atom stereocenters. The molecule has 7 heteroatoms. The molecule has 5 nitrogen and oxygen atoms in total. The highest BCUT2D eigenvalue weighted by Gasteiger charge is 2.07. The van der Waals surface area contributed by atoms with Crippen molar-refractivity contribution in [3.8, 4) is 5.82 Å². The molecule has 4 rings (SSSR count). The highest BCUT2D eigenvalue weighted by molar-refractivity contribution is 7.22. The molecule has 0 saturated heterocycles. The Hall–Kier alpha value is -2.80. The maximum absolute atomic E-state index is 13.2. The van der Waals surface area contributed by atoms with E-state index in [1.165, 1.54) is 23.5 Å². The predicted molar refractivity (Wildman–Crippen MR) is 84.2 cm³/mol. The van der Waals surface area contributed by atoms with Gasteiger partial charge in [-0.1, -0.05) is 17.4 Å². The van der Waals surface area contributed by atoms with Gasteiger partial charge in [0, 0.05) is 6.20 Å². The van der Waals surface area contributed by atoms with Crippen LogP contribution in [-0.2, 0) is 0 Å². The number of nitrogens with one attached hydrogen (secondary N) is 1. The van der Waals surface area contributed by atoms with Crippen molar-refractivity contribution in [1.82, 2.24) is 19.7 Å². The number of thiazole rings is 1. The van der Waals surface area contributed by atoms with Gasteiger partial charge in [0.25, 0.3) is 0 Å². The molecule has 0 amide bonds. The molecule has 22 heavy (non-hydrogen) atoms. The van der Waals surface area contributed by atoms with Gasteiger partial charge >= 0.3 is 0 Å². The first kappa shape index (κ1) is 12.9. The van der Waals surface area contributed by atoms with Crippen LogP contribution >= 0.6 is 11.3 Å². The van der Waals surface area contributed by atoms with Crippen molar-refractivity contribution in [3.63, 3.8) is 0 Å². The third-order valence-corrected chi connectivity index (χ3v) is 4.00. The fraction of sp³-hybridized carbons (Fsp3) is 0. The topological polar surface area (TPSA) is 55.6 Å². The molecule has 0 aliphatic rings. The van der Waals surface area contributed by atoms with Crippen molar-refractivity contribution in [3.05, 3.63) is 60.8 Å². The van der Waals surface area contributed by atoms with E-state index in [9.17, 15) is 4.39 Å². The fourth-order valence-corrected chi connectivity index (χ4v) is 2.99. The van der Waals surface area contributed by atoms with E-state index in [2.05, 4.69) is 20.4 Å². The molecule has 3 heterocycles. The van der Waals surface area contributed by atoms with Gasteiger partial charge in [-0.2, -0.15) is 5.10 Å². The molecule has 3 aromatic heterocycles. The summed E-state index contributed by atoms with van der Waals surface area (Å²) in [5.41, 5.74) is 1.57. The summed E-state index contributed by atoms with van der Waals surface area (Å²) in [5.74, 6) is 0.479. The Labute approximate surface area is 129 Å². The lowest BCUT2D eigenvalue weighted by atomic mass is 10.3. The smallest absolute Gasteiger partial charge is 0.188 e. The highest BCUT2D eigenvalue weighted by atomic mass is 32.1. The third kappa shape index (κ3) is 2.42.